The lowest BCUT2D eigenvalue weighted by Crippen LogP contribution is -2.27. The highest BCUT2D eigenvalue weighted by atomic mass is 16.6. The minimum Gasteiger partial charge on any atom is -0.351 e. The Morgan fingerprint density at radius 3 is 3.00 bits per heavy atom. The van der Waals surface area contributed by atoms with E-state index in [2.05, 4.69) is 15.3 Å². The SMILES string of the molecule is CCCn1cc([N+](=O)[O-])cc1C(=O)NCCCN=[N+]=[N-]. The Labute approximate surface area is 115 Å². The number of aromatic nitrogens is 1. The number of azide groups is 1. The van der Waals surface area contributed by atoms with E-state index in [0.29, 0.717) is 26.1 Å². The van der Waals surface area contributed by atoms with Crippen molar-refractivity contribution in [3.8, 4) is 0 Å². The van der Waals surface area contributed by atoms with Crippen LogP contribution in [-0.4, -0.2) is 28.5 Å². The zero-order valence-electron chi connectivity index (χ0n) is 11.2. The second-order valence-electron chi connectivity index (χ2n) is 4.10. The summed E-state index contributed by atoms with van der Waals surface area (Å²) in [5, 5.41) is 16.7. The number of aryl methyl sites for hydroxylation is 1. The average Bonchev–Trinajstić information content (AvgIpc) is 2.83. The van der Waals surface area contributed by atoms with Crippen molar-refractivity contribution in [3.63, 3.8) is 0 Å². The summed E-state index contributed by atoms with van der Waals surface area (Å²) in [4.78, 5) is 24.8. The number of nitrogens with zero attached hydrogens (tertiary/aromatic N) is 5. The van der Waals surface area contributed by atoms with Gasteiger partial charge in [-0.15, -0.1) is 0 Å². The molecule has 0 aromatic carbocycles. The molecular formula is C11H16N6O3. The third-order valence-electron chi connectivity index (χ3n) is 2.57. The maximum Gasteiger partial charge on any atom is 0.287 e. The lowest BCUT2D eigenvalue weighted by molar-refractivity contribution is -0.384. The van der Waals surface area contributed by atoms with Gasteiger partial charge in [0, 0.05) is 30.6 Å². The molecule has 0 atom stereocenters. The highest BCUT2D eigenvalue weighted by molar-refractivity contribution is 5.93. The Morgan fingerprint density at radius 1 is 1.65 bits per heavy atom. The fourth-order valence-electron chi connectivity index (χ4n) is 1.70. The van der Waals surface area contributed by atoms with E-state index >= 15 is 0 Å². The van der Waals surface area contributed by atoms with Gasteiger partial charge in [0.1, 0.15) is 5.69 Å². The molecule has 9 heteroatoms. The fourth-order valence-corrected chi connectivity index (χ4v) is 1.70. The van der Waals surface area contributed by atoms with Gasteiger partial charge in [-0.2, -0.15) is 0 Å². The molecule has 1 heterocycles. The van der Waals surface area contributed by atoms with Crippen molar-refractivity contribution in [1.29, 1.82) is 0 Å². The maximum atomic E-state index is 12.0. The van der Waals surface area contributed by atoms with E-state index in [1.165, 1.54) is 12.3 Å². The zero-order valence-corrected chi connectivity index (χ0v) is 11.2. The van der Waals surface area contributed by atoms with E-state index in [4.69, 9.17) is 5.53 Å². The molecule has 0 saturated carbocycles. The quantitative estimate of drug-likeness (QED) is 0.196. The number of nitrogens with one attached hydrogen (secondary N) is 1. The van der Waals surface area contributed by atoms with Crippen molar-refractivity contribution in [1.82, 2.24) is 9.88 Å². The molecule has 0 bridgehead atoms. The van der Waals surface area contributed by atoms with Crippen molar-refractivity contribution in [3.05, 3.63) is 38.5 Å². The van der Waals surface area contributed by atoms with Gasteiger partial charge in [0.05, 0.1) is 11.1 Å². The summed E-state index contributed by atoms with van der Waals surface area (Å²) in [7, 11) is 0. The normalized spacial score (nSPS) is 9.85. The number of rotatable bonds is 8. The van der Waals surface area contributed by atoms with Crippen LogP contribution < -0.4 is 5.32 Å². The molecule has 9 nitrogen and oxygen atoms in total. The third kappa shape index (κ3) is 4.29. The number of hydrogen-bond donors (Lipinski definition) is 1. The smallest absolute Gasteiger partial charge is 0.287 e. The summed E-state index contributed by atoms with van der Waals surface area (Å²) >= 11 is 0. The second-order valence-corrected chi connectivity index (χ2v) is 4.10. The fraction of sp³-hybridized carbons (Fsp3) is 0.545. The molecule has 0 spiro atoms. The zero-order chi connectivity index (χ0) is 15.0. The van der Waals surface area contributed by atoms with Crippen LogP contribution in [0.2, 0.25) is 0 Å². The molecule has 108 valence electrons. The van der Waals surface area contributed by atoms with E-state index < -0.39 is 4.92 Å². The van der Waals surface area contributed by atoms with Crippen LogP contribution in [-0.2, 0) is 6.54 Å². The van der Waals surface area contributed by atoms with E-state index in [0.717, 1.165) is 6.42 Å². The molecule has 1 aromatic rings. The highest BCUT2D eigenvalue weighted by Gasteiger charge is 2.18. The summed E-state index contributed by atoms with van der Waals surface area (Å²) in [6.45, 7) is 3.11. The van der Waals surface area contributed by atoms with Crippen LogP contribution in [0.1, 0.15) is 30.3 Å². The van der Waals surface area contributed by atoms with Gasteiger partial charge in [0.25, 0.3) is 11.6 Å². The summed E-state index contributed by atoms with van der Waals surface area (Å²) < 4.78 is 1.57. The monoisotopic (exact) mass is 280 g/mol. The second kappa shape index (κ2) is 7.80. The molecule has 1 rings (SSSR count). The number of hydrogen-bond acceptors (Lipinski definition) is 4. The molecule has 1 amide bonds. The first-order chi connectivity index (χ1) is 9.60. The molecule has 0 fully saturated rings. The van der Waals surface area contributed by atoms with Gasteiger partial charge in [0.15, 0.2) is 0 Å². The summed E-state index contributed by atoms with van der Waals surface area (Å²) in [6, 6.07) is 1.26. The first-order valence-electron chi connectivity index (χ1n) is 6.23. The van der Waals surface area contributed by atoms with E-state index in [1.807, 2.05) is 6.92 Å². The van der Waals surface area contributed by atoms with Crippen LogP contribution in [0.4, 0.5) is 5.69 Å². The van der Waals surface area contributed by atoms with Crippen molar-refractivity contribution in [2.24, 2.45) is 5.11 Å². The minimum atomic E-state index is -0.523. The summed E-state index contributed by atoms with van der Waals surface area (Å²) in [6.07, 6.45) is 2.65. The third-order valence-corrected chi connectivity index (χ3v) is 2.57. The van der Waals surface area contributed by atoms with Crippen molar-refractivity contribution < 1.29 is 9.72 Å². The van der Waals surface area contributed by atoms with Gasteiger partial charge >= 0.3 is 0 Å². The lowest BCUT2D eigenvalue weighted by atomic mass is 10.3. The lowest BCUT2D eigenvalue weighted by Gasteiger charge is -2.07. The minimum absolute atomic E-state index is 0.0994. The Bertz CT molecular complexity index is 532. The molecule has 0 saturated heterocycles. The van der Waals surface area contributed by atoms with Crippen LogP contribution in [0.25, 0.3) is 10.4 Å². The van der Waals surface area contributed by atoms with Crippen LogP contribution >= 0.6 is 0 Å². The molecule has 0 aliphatic rings. The average molecular weight is 280 g/mol. The van der Waals surface area contributed by atoms with E-state index in [9.17, 15) is 14.9 Å². The molecule has 0 aliphatic heterocycles. The molecule has 1 N–H and O–H groups in total. The molecule has 20 heavy (non-hydrogen) atoms. The number of carbonyl (C=O) groups excluding carboxylic acids is 1. The van der Waals surface area contributed by atoms with Crippen molar-refractivity contribution in [2.45, 2.75) is 26.3 Å². The van der Waals surface area contributed by atoms with Crippen LogP contribution in [0.5, 0.6) is 0 Å². The van der Waals surface area contributed by atoms with E-state index in [-0.39, 0.29) is 17.3 Å². The molecular weight excluding hydrogens is 264 g/mol. The van der Waals surface area contributed by atoms with Crippen molar-refractivity contribution >= 4 is 11.6 Å². The predicted octanol–water partition coefficient (Wildman–Crippen LogP) is 2.24. The Balaban J connectivity index is 2.70. The topological polar surface area (TPSA) is 126 Å². The Hall–Kier alpha value is -2.54. The van der Waals surface area contributed by atoms with Crippen LogP contribution in [0.3, 0.4) is 0 Å². The summed E-state index contributed by atoms with van der Waals surface area (Å²) in [5.74, 6) is -0.368. The van der Waals surface area contributed by atoms with Gasteiger partial charge in [-0.05, 0) is 18.4 Å². The van der Waals surface area contributed by atoms with Gasteiger partial charge in [-0.3, -0.25) is 14.9 Å². The molecule has 0 aliphatic carbocycles. The number of nitro groups is 1. The Morgan fingerprint density at radius 2 is 2.40 bits per heavy atom. The maximum absolute atomic E-state index is 12.0. The predicted molar refractivity (Wildman–Crippen MR) is 72.3 cm³/mol. The van der Waals surface area contributed by atoms with Crippen LogP contribution in [0.15, 0.2) is 17.4 Å². The largest absolute Gasteiger partial charge is 0.351 e. The molecule has 1 aromatic heterocycles. The molecule has 0 radical (unpaired) electrons. The van der Waals surface area contributed by atoms with Crippen LogP contribution in [0, 0.1) is 10.1 Å². The van der Waals surface area contributed by atoms with Gasteiger partial charge in [-0.1, -0.05) is 12.0 Å². The van der Waals surface area contributed by atoms with Gasteiger partial charge in [-0.25, -0.2) is 0 Å². The number of carbonyl (C=O) groups is 1. The highest BCUT2D eigenvalue weighted by Crippen LogP contribution is 2.17. The standard InChI is InChI=1S/C11H16N6O3/c1-2-6-16-8-9(17(19)20)7-10(16)11(18)13-4-3-5-14-15-12/h7-8H,2-6H2,1H3,(H,13,18). The number of amides is 1. The molecule has 0 unspecified atom stereocenters. The van der Waals surface area contributed by atoms with Gasteiger partial charge in [0.2, 0.25) is 0 Å². The first kappa shape index (κ1) is 15.5. The summed E-state index contributed by atoms with van der Waals surface area (Å²) in [5.41, 5.74) is 8.27. The Kier molecular flexibility index (Phi) is 6.05. The van der Waals surface area contributed by atoms with Gasteiger partial charge < -0.3 is 9.88 Å². The van der Waals surface area contributed by atoms with E-state index in [1.54, 1.807) is 4.57 Å². The first-order valence-corrected chi connectivity index (χ1v) is 6.23. The van der Waals surface area contributed by atoms with Crippen molar-refractivity contribution in [2.75, 3.05) is 13.1 Å².